The number of aryl methyl sites for hydroxylation is 2. The largest absolute Gasteiger partial charge is 0.484 e. The number of allylic oxidation sites excluding steroid dienone is 1. The first-order valence-corrected chi connectivity index (χ1v) is 10.3. The number of hydrogen-bond acceptors (Lipinski definition) is 5. The summed E-state index contributed by atoms with van der Waals surface area (Å²) in [4.78, 5) is 36.7. The second-order valence-electron chi connectivity index (χ2n) is 7.46. The summed E-state index contributed by atoms with van der Waals surface area (Å²) in [5, 5.41) is 8.22. The molecule has 0 radical (unpaired) electrons. The van der Waals surface area contributed by atoms with Crippen molar-refractivity contribution in [1.29, 1.82) is 0 Å². The number of urea groups is 1. The fourth-order valence-corrected chi connectivity index (χ4v) is 3.52. The fourth-order valence-electron chi connectivity index (χ4n) is 3.52. The minimum absolute atomic E-state index is 0.149. The molecule has 0 fully saturated rings. The van der Waals surface area contributed by atoms with Crippen LogP contribution in [-0.4, -0.2) is 31.1 Å². The van der Waals surface area contributed by atoms with E-state index in [-0.39, 0.29) is 19.1 Å². The van der Waals surface area contributed by atoms with E-state index < -0.39 is 18.0 Å². The predicted molar refractivity (Wildman–Crippen MR) is 120 cm³/mol. The molecule has 0 bridgehead atoms. The Labute approximate surface area is 187 Å². The van der Waals surface area contributed by atoms with Gasteiger partial charge in [0.05, 0.1) is 18.2 Å². The smallest absolute Gasteiger partial charge is 0.338 e. The van der Waals surface area contributed by atoms with E-state index in [9.17, 15) is 14.4 Å². The lowest BCUT2D eigenvalue weighted by Gasteiger charge is -2.28. The fraction of sp³-hybridized carbons (Fsp3) is 0.292. The molecule has 0 aromatic heterocycles. The Morgan fingerprint density at radius 2 is 1.69 bits per heavy atom. The number of ether oxygens (including phenoxy) is 2. The highest BCUT2D eigenvalue weighted by atomic mass is 16.5. The normalized spacial score (nSPS) is 15.5. The van der Waals surface area contributed by atoms with Crippen LogP contribution in [0, 0.1) is 13.8 Å². The molecule has 8 heteroatoms. The number of esters is 1. The molecule has 0 unspecified atom stereocenters. The summed E-state index contributed by atoms with van der Waals surface area (Å²) in [6.45, 7) is 7.33. The van der Waals surface area contributed by atoms with E-state index in [1.165, 1.54) is 0 Å². The number of amides is 3. The Morgan fingerprint density at radius 3 is 2.31 bits per heavy atom. The van der Waals surface area contributed by atoms with Crippen LogP contribution in [0.1, 0.15) is 36.6 Å². The highest BCUT2D eigenvalue weighted by Crippen LogP contribution is 2.29. The predicted octanol–water partition coefficient (Wildman–Crippen LogP) is 3.51. The molecule has 1 aliphatic rings. The van der Waals surface area contributed by atoms with Gasteiger partial charge in [0.2, 0.25) is 0 Å². The van der Waals surface area contributed by atoms with Crippen LogP contribution in [0.25, 0.3) is 0 Å². The number of rotatable bonds is 7. The van der Waals surface area contributed by atoms with Crippen LogP contribution < -0.4 is 20.7 Å². The number of carbonyl (C=O) groups excluding carboxylic acids is 3. The average Bonchev–Trinajstić information content (AvgIpc) is 2.75. The van der Waals surface area contributed by atoms with Crippen molar-refractivity contribution < 1.29 is 23.9 Å². The molecule has 0 spiro atoms. The summed E-state index contributed by atoms with van der Waals surface area (Å²) in [6, 6.07) is 11.6. The molecule has 0 saturated heterocycles. The zero-order valence-corrected chi connectivity index (χ0v) is 18.6. The van der Waals surface area contributed by atoms with Gasteiger partial charge in [-0.1, -0.05) is 30.3 Å². The Hall–Kier alpha value is -3.81. The molecular weight excluding hydrogens is 410 g/mol. The maximum atomic E-state index is 12.4. The summed E-state index contributed by atoms with van der Waals surface area (Å²) < 4.78 is 10.7. The van der Waals surface area contributed by atoms with Crippen molar-refractivity contribution in [2.45, 2.75) is 33.7 Å². The highest BCUT2D eigenvalue weighted by Gasteiger charge is 2.32. The van der Waals surface area contributed by atoms with E-state index in [1.54, 1.807) is 38.1 Å². The number of nitrogens with one attached hydrogen (secondary N) is 3. The lowest BCUT2D eigenvalue weighted by Crippen LogP contribution is -2.45. The first-order valence-electron chi connectivity index (χ1n) is 10.3. The van der Waals surface area contributed by atoms with Crippen LogP contribution in [0.15, 0.2) is 53.7 Å². The van der Waals surface area contributed by atoms with Crippen molar-refractivity contribution in [3.63, 3.8) is 0 Å². The molecule has 1 aliphatic heterocycles. The van der Waals surface area contributed by atoms with Crippen LogP contribution >= 0.6 is 0 Å². The lowest BCUT2D eigenvalue weighted by molar-refractivity contribution is -0.139. The number of carbonyl (C=O) groups is 3. The zero-order chi connectivity index (χ0) is 23.3. The first-order chi connectivity index (χ1) is 15.3. The van der Waals surface area contributed by atoms with E-state index >= 15 is 0 Å². The van der Waals surface area contributed by atoms with Crippen LogP contribution in [0.2, 0.25) is 0 Å². The van der Waals surface area contributed by atoms with E-state index in [2.05, 4.69) is 16.0 Å². The van der Waals surface area contributed by atoms with Gasteiger partial charge in [-0.25, -0.2) is 9.59 Å². The summed E-state index contributed by atoms with van der Waals surface area (Å²) in [6.07, 6.45) is 0. The van der Waals surface area contributed by atoms with Gasteiger partial charge in [0.25, 0.3) is 5.91 Å². The van der Waals surface area contributed by atoms with Crippen molar-refractivity contribution in [3.05, 3.63) is 70.4 Å². The number of benzene rings is 2. The second kappa shape index (κ2) is 10.00. The van der Waals surface area contributed by atoms with Gasteiger partial charge in [-0.15, -0.1) is 0 Å². The molecule has 8 nitrogen and oxygen atoms in total. The number of anilines is 1. The summed E-state index contributed by atoms with van der Waals surface area (Å²) in [5.41, 5.74) is 4.22. The molecule has 0 aliphatic carbocycles. The van der Waals surface area contributed by atoms with Gasteiger partial charge in [0, 0.05) is 11.4 Å². The van der Waals surface area contributed by atoms with Crippen LogP contribution in [0.4, 0.5) is 10.5 Å². The third-order valence-corrected chi connectivity index (χ3v) is 5.09. The van der Waals surface area contributed by atoms with Crippen LogP contribution in [0.3, 0.4) is 0 Å². The van der Waals surface area contributed by atoms with Crippen LogP contribution in [0.5, 0.6) is 5.75 Å². The molecule has 1 atom stereocenters. The molecule has 3 rings (SSSR count). The van der Waals surface area contributed by atoms with Crippen molar-refractivity contribution >= 4 is 23.6 Å². The molecule has 3 amide bonds. The van der Waals surface area contributed by atoms with Gasteiger partial charge >= 0.3 is 12.0 Å². The third-order valence-electron chi connectivity index (χ3n) is 5.09. The maximum Gasteiger partial charge on any atom is 0.338 e. The second-order valence-corrected chi connectivity index (χ2v) is 7.46. The molecular formula is C24H27N3O5. The van der Waals surface area contributed by atoms with E-state index in [0.29, 0.717) is 22.6 Å². The standard InChI is InChI=1S/C24H27N3O5/c1-5-31-23(29)20-16(4)25-24(30)27-22(20)17-9-11-18(12-10-17)32-13-19(28)26-21-14(2)7-6-8-15(21)3/h6-12,22H,5,13H2,1-4H3,(H,26,28)(H2,25,27,30)/t22-/m1/s1. The minimum Gasteiger partial charge on any atom is -0.484 e. The van der Waals surface area contributed by atoms with Crippen molar-refractivity contribution in [2.75, 3.05) is 18.5 Å². The minimum atomic E-state index is -0.649. The Balaban J connectivity index is 1.68. The molecule has 1 heterocycles. The van der Waals surface area contributed by atoms with E-state index in [0.717, 1.165) is 16.8 Å². The Morgan fingerprint density at radius 1 is 1.03 bits per heavy atom. The maximum absolute atomic E-state index is 12.4. The van der Waals surface area contributed by atoms with E-state index in [4.69, 9.17) is 9.47 Å². The average molecular weight is 437 g/mol. The monoisotopic (exact) mass is 437 g/mol. The van der Waals surface area contributed by atoms with Gasteiger partial charge in [-0.2, -0.15) is 0 Å². The summed E-state index contributed by atoms with van der Waals surface area (Å²) in [7, 11) is 0. The zero-order valence-electron chi connectivity index (χ0n) is 18.6. The SMILES string of the molecule is CCOC(=O)C1=C(C)NC(=O)N[C@@H]1c1ccc(OCC(=O)Nc2c(C)cccc2C)cc1. The van der Waals surface area contributed by atoms with Gasteiger partial charge in [0.1, 0.15) is 5.75 Å². The van der Waals surface area contributed by atoms with Crippen molar-refractivity contribution in [3.8, 4) is 5.75 Å². The Kier molecular flexibility index (Phi) is 7.14. The van der Waals surface area contributed by atoms with Gasteiger partial charge < -0.3 is 25.4 Å². The van der Waals surface area contributed by atoms with Crippen molar-refractivity contribution in [2.24, 2.45) is 0 Å². The van der Waals surface area contributed by atoms with Gasteiger partial charge in [-0.3, -0.25) is 4.79 Å². The molecule has 2 aromatic rings. The van der Waals surface area contributed by atoms with Gasteiger partial charge in [-0.05, 0) is 56.5 Å². The van der Waals surface area contributed by atoms with Gasteiger partial charge in [0.15, 0.2) is 6.61 Å². The third kappa shape index (κ3) is 5.26. The Bertz CT molecular complexity index is 1040. The highest BCUT2D eigenvalue weighted by molar-refractivity contribution is 5.95. The molecule has 0 saturated carbocycles. The lowest BCUT2D eigenvalue weighted by atomic mass is 9.95. The van der Waals surface area contributed by atoms with E-state index in [1.807, 2.05) is 32.0 Å². The number of hydrogen-bond donors (Lipinski definition) is 3. The molecule has 3 N–H and O–H groups in total. The van der Waals surface area contributed by atoms with Crippen LogP contribution in [-0.2, 0) is 14.3 Å². The van der Waals surface area contributed by atoms with Crippen molar-refractivity contribution in [1.82, 2.24) is 10.6 Å². The molecule has 168 valence electrons. The molecule has 32 heavy (non-hydrogen) atoms. The number of para-hydroxylation sites is 1. The first kappa shape index (κ1) is 22.9. The molecule has 2 aromatic carbocycles. The summed E-state index contributed by atoms with van der Waals surface area (Å²) >= 11 is 0. The quantitative estimate of drug-likeness (QED) is 0.575. The summed E-state index contributed by atoms with van der Waals surface area (Å²) in [5.74, 6) is -0.268. The topological polar surface area (TPSA) is 106 Å².